The molecule has 0 radical (unpaired) electrons. The normalized spacial score (nSPS) is 11.7. The van der Waals surface area contributed by atoms with Gasteiger partial charge < -0.3 is 14.6 Å². The molecule has 0 saturated heterocycles. The van der Waals surface area contributed by atoms with Gasteiger partial charge >= 0.3 is 0 Å². The molecular formula is C16H27ClNO3S-. The molecule has 6 heteroatoms. The number of halogens is 1. The van der Waals surface area contributed by atoms with Crippen molar-refractivity contribution in [2.75, 3.05) is 33.5 Å². The number of aliphatic hydroxyl groups excluding tert-OH is 1. The summed E-state index contributed by atoms with van der Waals surface area (Å²) in [6.45, 7) is 8.89. The minimum atomic E-state index is -1.86. The lowest BCUT2D eigenvalue weighted by Crippen LogP contribution is -2.31. The highest BCUT2D eigenvalue weighted by atomic mass is 35.5. The van der Waals surface area contributed by atoms with Crippen LogP contribution in [0, 0.1) is 5.41 Å². The Balaban J connectivity index is 0. The van der Waals surface area contributed by atoms with Crippen LogP contribution in [0.2, 0.25) is 5.02 Å². The molecule has 0 aliphatic heterocycles. The third kappa shape index (κ3) is 15.7. The van der Waals surface area contributed by atoms with Crippen molar-refractivity contribution in [2.24, 2.45) is 5.41 Å². The molecule has 1 aromatic rings. The van der Waals surface area contributed by atoms with E-state index in [0.717, 1.165) is 23.4 Å². The van der Waals surface area contributed by atoms with Gasteiger partial charge in [-0.1, -0.05) is 67.4 Å². The lowest BCUT2D eigenvalue weighted by atomic mass is 9.95. The Morgan fingerprint density at radius 3 is 2.09 bits per heavy atom. The van der Waals surface area contributed by atoms with E-state index < -0.39 is 11.1 Å². The van der Waals surface area contributed by atoms with E-state index >= 15 is 0 Å². The zero-order valence-corrected chi connectivity index (χ0v) is 15.6. The van der Waals surface area contributed by atoms with Gasteiger partial charge in [0.1, 0.15) is 0 Å². The van der Waals surface area contributed by atoms with Crippen LogP contribution in [0.5, 0.6) is 0 Å². The first-order valence-corrected chi connectivity index (χ1v) is 8.55. The van der Waals surface area contributed by atoms with Crippen LogP contribution >= 0.6 is 11.6 Å². The van der Waals surface area contributed by atoms with Crippen LogP contribution in [0.25, 0.3) is 6.08 Å². The molecule has 1 unspecified atom stereocenters. The Morgan fingerprint density at radius 1 is 1.41 bits per heavy atom. The minimum Gasteiger partial charge on any atom is -0.773 e. The second-order valence-corrected chi connectivity index (χ2v) is 6.90. The number of hydrogen-bond donors (Lipinski definition) is 1. The molecule has 0 amide bonds. The number of benzene rings is 1. The summed E-state index contributed by atoms with van der Waals surface area (Å²) in [7, 11) is 4.02. The number of nitrogens with zero attached hydrogens (tertiary/aromatic N) is 1. The molecule has 1 atom stereocenters. The van der Waals surface area contributed by atoms with Crippen LogP contribution in [0.4, 0.5) is 0 Å². The van der Waals surface area contributed by atoms with Gasteiger partial charge in [0.25, 0.3) is 0 Å². The molecule has 0 saturated carbocycles. The van der Waals surface area contributed by atoms with E-state index in [4.69, 9.17) is 25.5 Å². The highest BCUT2D eigenvalue weighted by molar-refractivity contribution is 7.78. The van der Waals surface area contributed by atoms with Gasteiger partial charge in [0.2, 0.25) is 0 Å². The largest absolute Gasteiger partial charge is 0.773 e. The molecule has 1 rings (SSSR count). The van der Waals surface area contributed by atoms with Crippen LogP contribution < -0.4 is 0 Å². The lowest BCUT2D eigenvalue weighted by molar-refractivity contribution is 0.125. The second kappa shape index (κ2) is 12.8. The van der Waals surface area contributed by atoms with E-state index in [1.807, 2.05) is 52.2 Å². The van der Waals surface area contributed by atoms with Gasteiger partial charge in [-0.05, 0) is 32.0 Å². The second-order valence-electron chi connectivity index (χ2n) is 5.69. The maximum Gasteiger partial charge on any atom is 0.0494 e. The third-order valence-electron chi connectivity index (χ3n) is 2.30. The van der Waals surface area contributed by atoms with Crippen LogP contribution in [0.15, 0.2) is 30.8 Å². The van der Waals surface area contributed by atoms with Crippen LogP contribution in [0.1, 0.15) is 19.4 Å². The molecule has 0 heterocycles. The molecule has 0 spiro atoms. The number of hydrogen-bond acceptors (Lipinski definition) is 4. The Hall–Kier alpha value is -0.720. The summed E-state index contributed by atoms with van der Waals surface area (Å²) in [5.74, 6) is 0. The van der Waals surface area contributed by atoms with Crippen molar-refractivity contribution < 1.29 is 13.9 Å². The van der Waals surface area contributed by atoms with E-state index in [2.05, 4.69) is 11.5 Å². The van der Waals surface area contributed by atoms with Crippen LogP contribution in [-0.2, 0) is 11.1 Å². The quantitative estimate of drug-likeness (QED) is 0.849. The molecule has 1 N–H and O–H groups in total. The first kappa shape index (κ1) is 23.5. The number of aliphatic hydroxyl groups is 1. The summed E-state index contributed by atoms with van der Waals surface area (Å²) in [5, 5.41) is 9.57. The topological polar surface area (TPSA) is 63.6 Å². The zero-order chi connectivity index (χ0) is 17.8. The molecule has 0 aromatic heterocycles. The summed E-state index contributed by atoms with van der Waals surface area (Å²) in [6.07, 6.45) is 2.82. The summed E-state index contributed by atoms with van der Waals surface area (Å²) < 4.78 is 18.0. The van der Waals surface area contributed by atoms with Gasteiger partial charge in [0, 0.05) is 23.6 Å². The van der Waals surface area contributed by atoms with Crippen molar-refractivity contribution in [1.29, 1.82) is 0 Å². The standard InChI is InChI=1S/C8H7Cl.C7H17NO.CH4O2S/c1-2-7-5-3-4-6-8(7)9;1-7(2,6-9)5-8(3)4;1-4(2)3/h2-6H,1H2;9H,5-6H2,1-4H3;1H3,(H,2,3)/p-1. The monoisotopic (exact) mass is 348 g/mol. The van der Waals surface area contributed by atoms with Crippen molar-refractivity contribution in [3.8, 4) is 0 Å². The number of rotatable bonds is 4. The average molecular weight is 349 g/mol. The summed E-state index contributed by atoms with van der Waals surface area (Å²) in [6, 6.07) is 7.60. The first-order valence-electron chi connectivity index (χ1n) is 6.69. The molecule has 4 nitrogen and oxygen atoms in total. The van der Waals surface area contributed by atoms with E-state index in [-0.39, 0.29) is 12.0 Å². The van der Waals surface area contributed by atoms with E-state index in [1.165, 1.54) is 0 Å². The van der Waals surface area contributed by atoms with Gasteiger partial charge in [-0.3, -0.25) is 4.21 Å². The fraction of sp³-hybridized carbons (Fsp3) is 0.500. The van der Waals surface area contributed by atoms with Crippen LogP contribution in [0.3, 0.4) is 0 Å². The Kier molecular flexibility index (Phi) is 13.7. The molecule has 22 heavy (non-hydrogen) atoms. The van der Waals surface area contributed by atoms with E-state index in [9.17, 15) is 0 Å². The fourth-order valence-corrected chi connectivity index (χ4v) is 1.76. The Morgan fingerprint density at radius 2 is 1.86 bits per heavy atom. The zero-order valence-electron chi connectivity index (χ0n) is 14.0. The van der Waals surface area contributed by atoms with Gasteiger partial charge in [0.05, 0.1) is 0 Å². The molecule has 1 aromatic carbocycles. The Labute approximate surface area is 142 Å². The molecule has 0 fully saturated rings. The maximum atomic E-state index is 9.00. The smallest absolute Gasteiger partial charge is 0.0494 e. The Bertz CT molecular complexity index is 447. The molecule has 0 bridgehead atoms. The van der Waals surface area contributed by atoms with Gasteiger partial charge in [0.15, 0.2) is 0 Å². The lowest BCUT2D eigenvalue weighted by Gasteiger charge is -2.25. The summed E-state index contributed by atoms with van der Waals surface area (Å²) in [5.41, 5.74) is 1.03. The van der Waals surface area contributed by atoms with Gasteiger partial charge in [-0.2, -0.15) is 0 Å². The average Bonchev–Trinajstić information content (AvgIpc) is 2.38. The first-order chi connectivity index (χ1) is 10.1. The van der Waals surface area contributed by atoms with Crippen molar-refractivity contribution in [3.63, 3.8) is 0 Å². The predicted molar refractivity (Wildman–Crippen MR) is 95.8 cm³/mol. The summed E-state index contributed by atoms with van der Waals surface area (Å²) >= 11 is 3.89. The van der Waals surface area contributed by atoms with Crippen molar-refractivity contribution in [3.05, 3.63) is 41.4 Å². The van der Waals surface area contributed by atoms with E-state index in [1.54, 1.807) is 6.08 Å². The van der Waals surface area contributed by atoms with Crippen molar-refractivity contribution >= 4 is 28.8 Å². The highest BCUT2D eigenvalue weighted by Gasteiger charge is 2.16. The fourth-order valence-electron chi connectivity index (χ4n) is 1.55. The SMILES string of the molecule is C=Cc1ccccc1Cl.CN(C)CC(C)(C)CO.CS(=O)[O-]. The van der Waals surface area contributed by atoms with Crippen molar-refractivity contribution in [2.45, 2.75) is 13.8 Å². The molecular weight excluding hydrogens is 322 g/mol. The minimum absolute atomic E-state index is 0.0451. The maximum absolute atomic E-state index is 9.00. The predicted octanol–water partition coefficient (Wildman–Crippen LogP) is 3.04. The van der Waals surface area contributed by atoms with Crippen molar-refractivity contribution in [1.82, 2.24) is 4.90 Å². The van der Waals surface area contributed by atoms with Gasteiger partial charge in [-0.15, -0.1) is 0 Å². The third-order valence-corrected chi connectivity index (χ3v) is 2.64. The summed E-state index contributed by atoms with van der Waals surface area (Å²) in [4.78, 5) is 2.08. The highest BCUT2D eigenvalue weighted by Crippen LogP contribution is 2.15. The van der Waals surface area contributed by atoms with Crippen LogP contribution in [-0.4, -0.2) is 52.3 Å². The molecule has 0 aliphatic rings. The van der Waals surface area contributed by atoms with E-state index in [0.29, 0.717) is 0 Å². The molecule has 128 valence electrons. The molecule has 0 aliphatic carbocycles. The van der Waals surface area contributed by atoms with Gasteiger partial charge in [-0.25, -0.2) is 0 Å².